The summed E-state index contributed by atoms with van der Waals surface area (Å²) in [6.45, 7) is 1.47. The maximum Gasteiger partial charge on any atom is 0.397 e. The molecule has 3 nitrogen and oxygen atoms in total. The van der Waals surface area contributed by atoms with Gasteiger partial charge in [-0.2, -0.15) is 0 Å². The largest absolute Gasteiger partial charge is 0.427 e. The van der Waals surface area contributed by atoms with Crippen LogP contribution in [0.25, 0.3) is 0 Å². The Morgan fingerprint density at radius 2 is 1.64 bits per heavy atom. The molecule has 0 unspecified atom stereocenters. The smallest absolute Gasteiger partial charge is 0.397 e. The molecule has 1 aromatic rings. The minimum atomic E-state index is -1.17. The maximum atomic E-state index is 5.56. The van der Waals surface area contributed by atoms with Crippen LogP contribution in [0.15, 0.2) is 30.3 Å². The SMILES string of the molecule is c1ccc(OP2OCCCCO2)cc1. The lowest BCUT2D eigenvalue weighted by Gasteiger charge is -2.13. The van der Waals surface area contributed by atoms with Gasteiger partial charge in [0.15, 0.2) is 0 Å². The third-order valence-electron chi connectivity index (χ3n) is 1.86. The Kier molecular flexibility index (Phi) is 3.75. The first-order valence-electron chi connectivity index (χ1n) is 4.74. The van der Waals surface area contributed by atoms with Gasteiger partial charge < -0.3 is 13.6 Å². The fourth-order valence-corrected chi connectivity index (χ4v) is 2.17. The second-order valence-corrected chi connectivity index (χ2v) is 4.15. The molecule has 1 heterocycles. The van der Waals surface area contributed by atoms with E-state index in [1.165, 1.54) is 0 Å². The second kappa shape index (κ2) is 5.30. The molecular weight excluding hydrogens is 199 g/mol. The van der Waals surface area contributed by atoms with Crippen molar-refractivity contribution in [1.82, 2.24) is 0 Å². The van der Waals surface area contributed by atoms with Crippen LogP contribution >= 0.6 is 8.60 Å². The molecule has 0 amide bonds. The molecule has 0 bridgehead atoms. The first-order valence-corrected chi connectivity index (χ1v) is 5.84. The van der Waals surface area contributed by atoms with Gasteiger partial charge in [0.1, 0.15) is 5.75 Å². The molecule has 2 rings (SSSR count). The summed E-state index contributed by atoms with van der Waals surface area (Å²) in [5.74, 6) is 0.806. The minimum absolute atomic E-state index is 0.735. The van der Waals surface area contributed by atoms with Crippen LogP contribution in [-0.2, 0) is 9.05 Å². The molecule has 0 N–H and O–H groups in total. The Morgan fingerprint density at radius 3 is 2.29 bits per heavy atom. The molecule has 1 aliphatic heterocycles. The average molecular weight is 212 g/mol. The molecule has 0 spiro atoms. The molecule has 1 aromatic carbocycles. The van der Waals surface area contributed by atoms with Gasteiger partial charge in [-0.15, -0.1) is 0 Å². The van der Waals surface area contributed by atoms with Gasteiger partial charge in [0.2, 0.25) is 0 Å². The van der Waals surface area contributed by atoms with Crippen LogP contribution in [0.1, 0.15) is 12.8 Å². The zero-order valence-corrected chi connectivity index (χ0v) is 8.78. The summed E-state index contributed by atoms with van der Waals surface area (Å²) in [6.07, 6.45) is 2.11. The molecule has 0 aliphatic carbocycles. The lowest BCUT2D eigenvalue weighted by Crippen LogP contribution is -1.94. The van der Waals surface area contributed by atoms with E-state index >= 15 is 0 Å². The lowest BCUT2D eigenvalue weighted by molar-refractivity contribution is 0.240. The summed E-state index contributed by atoms with van der Waals surface area (Å²) >= 11 is 0. The minimum Gasteiger partial charge on any atom is -0.427 e. The molecular formula is C10H13O3P. The summed E-state index contributed by atoms with van der Waals surface area (Å²) in [5.41, 5.74) is 0. The highest BCUT2D eigenvalue weighted by Crippen LogP contribution is 2.42. The quantitative estimate of drug-likeness (QED) is 0.705. The highest BCUT2D eigenvalue weighted by Gasteiger charge is 2.16. The van der Waals surface area contributed by atoms with Gasteiger partial charge in [-0.1, -0.05) is 18.2 Å². The van der Waals surface area contributed by atoms with Gasteiger partial charge in [-0.05, 0) is 25.0 Å². The molecule has 0 aromatic heterocycles. The van der Waals surface area contributed by atoms with Crippen LogP contribution in [0.5, 0.6) is 5.75 Å². The molecule has 76 valence electrons. The van der Waals surface area contributed by atoms with Gasteiger partial charge in [-0.25, -0.2) is 0 Å². The Labute approximate surface area is 85.0 Å². The van der Waals surface area contributed by atoms with E-state index in [4.69, 9.17) is 13.6 Å². The van der Waals surface area contributed by atoms with Crippen molar-refractivity contribution in [2.45, 2.75) is 12.8 Å². The molecule has 4 heteroatoms. The highest BCUT2D eigenvalue weighted by atomic mass is 31.2. The van der Waals surface area contributed by atoms with Crippen LogP contribution in [0.4, 0.5) is 0 Å². The van der Waals surface area contributed by atoms with Gasteiger partial charge in [-0.3, -0.25) is 0 Å². The van der Waals surface area contributed by atoms with Gasteiger partial charge in [0, 0.05) is 0 Å². The number of para-hydroxylation sites is 1. The predicted octanol–water partition coefficient (Wildman–Crippen LogP) is 3.12. The first-order chi connectivity index (χ1) is 6.95. The highest BCUT2D eigenvalue weighted by molar-refractivity contribution is 7.42. The van der Waals surface area contributed by atoms with E-state index in [1.54, 1.807) is 0 Å². The molecule has 14 heavy (non-hydrogen) atoms. The van der Waals surface area contributed by atoms with Crippen molar-refractivity contribution in [2.75, 3.05) is 13.2 Å². The van der Waals surface area contributed by atoms with Crippen LogP contribution in [0.3, 0.4) is 0 Å². The van der Waals surface area contributed by atoms with E-state index in [2.05, 4.69) is 0 Å². The zero-order chi connectivity index (χ0) is 9.64. The molecule has 0 saturated carbocycles. The summed E-state index contributed by atoms with van der Waals surface area (Å²) < 4.78 is 16.4. The van der Waals surface area contributed by atoms with Crippen LogP contribution in [0.2, 0.25) is 0 Å². The maximum absolute atomic E-state index is 5.56. The van der Waals surface area contributed by atoms with Crippen molar-refractivity contribution in [2.24, 2.45) is 0 Å². The normalized spacial score (nSPS) is 18.9. The van der Waals surface area contributed by atoms with E-state index < -0.39 is 8.60 Å². The Bertz CT molecular complexity index is 257. The van der Waals surface area contributed by atoms with Crippen molar-refractivity contribution in [3.8, 4) is 5.75 Å². The fourth-order valence-electron chi connectivity index (χ4n) is 1.14. The predicted molar refractivity (Wildman–Crippen MR) is 55.1 cm³/mol. The van der Waals surface area contributed by atoms with Gasteiger partial charge in [0.25, 0.3) is 0 Å². The molecule has 1 saturated heterocycles. The molecule has 0 atom stereocenters. The Balaban J connectivity index is 1.90. The molecule has 0 radical (unpaired) electrons. The zero-order valence-electron chi connectivity index (χ0n) is 7.89. The fraction of sp³-hybridized carbons (Fsp3) is 0.400. The topological polar surface area (TPSA) is 27.7 Å². The van der Waals surface area contributed by atoms with Gasteiger partial charge >= 0.3 is 8.60 Å². The van der Waals surface area contributed by atoms with Crippen molar-refractivity contribution < 1.29 is 13.6 Å². The Hall–Kier alpha value is -0.630. The molecule has 1 fully saturated rings. The number of rotatable bonds is 2. The van der Waals surface area contributed by atoms with Crippen molar-refractivity contribution in [3.63, 3.8) is 0 Å². The number of hydrogen-bond donors (Lipinski definition) is 0. The van der Waals surface area contributed by atoms with E-state index in [1.807, 2.05) is 30.3 Å². The van der Waals surface area contributed by atoms with E-state index in [-0.39, 0.29) is 0 Å². The number of hydrogen-bond acceptors (Lipinski definition) is 3. The summed E-state index contributed by atoms with van der Waals surface area (Å²) in [5, 5.41) is 0. The lowest BCUT2D eigenvalue weighted by atomic mass is 10.3. The van der Waals surface area contributed by atoms with Crippen molar-refractivity contribution in [1.29, 1.82) is 0 Å². The van der Waals surface area contributed by atoms with Crippen molar-refractivity contribution in [3.05, 3.63) is 30.3 Å². The van der Waals surface area contributed by atoms with Gasteiger partial charge in [0.05, 0.1) is 13.2 Å². The third kappa shape index (κ3) is 2.95. The number of benzene rings is 1. The summed E-state index contributed by atoms with van der Waals surface area (Å²) in [4.78, 5) is 0. The third-order valence-corrected chi connectivity index (χ3v) is 3.00. The van der Waals surface area contributed by atoms with Crippen molar-refractivity contribution >= 4 is 8.60 Å². The van der Waals surface area contributed by atoms with E-state index in [0.717, 1.165) is 31.8 Å². The average Bonchev–Trinajstić information content (AvgIpc) is 2.48. The van der Waals surface area contributed by atoms with E-state index in [0.29, 0.717) is 0 Å². The monoisotopic (exact) mass is 212 g/mol. The summed E-state index contributed by atoms with van der Waals surface area (Å²) in [6, 6.07) is 9.62. The Morgan fingerprint density at radius 1 is 1.00 bits per heavy atom. The molecule has 1 aliphatic rings. The van der Waals surface area contributed by atoms with Crippen LogP contribution in [0, 0.1) is 0 Å². The second-order valence-electron chi connectivity index (χ2n) is 3.00. The summed E-state index contributed by atoms with van der Waals surface area (Å²) in [7, 11) is -1.17. The standard InChI is InChI=1S/C10H13O3P/c1-2-6-10(7-3-1)13-14-11-8-4-5-9-12-14/h1-3,6-7H,4-5,8-9H2. The van der Waals surface area contributed by atoms with E-state index in [9.17, 15) is 0 Å². The first kappa shape index (κ1) is 9.91. The van der Waals surface area contributed by atoms with Crippen LogP contribution in [-0.4, -0.2) is 13.2 Å². The van der Waals surface area contributed by atoms with Crippen LogP contribution < -0.4 is 4.52 Å².